The second-order valence-corrected chi connectivity index (χ2v) is 4.88. The Labute approximate surface area is 136 Å². The van der Waals surface area contributed by atoms with Gasteiger partial charge in [0.15, 0.2) is 0 Å². The standard InChI is InChI=1S/C15H22N2O4.ClH/c1-19-11-5-6-14(20-2)13(8-11)17-15(18)10-16-9-12-4-3-7-21-12;/h5-6,8,12,16H,3-4,7,9-10H2,1-2H3,(H,17,18);1H. The molecule has 0 saturated carbocycles. The number of hydrogen-bond acceptors (Lipinski definition) is 5. The minimum atomic E-state index is -0.125. The van der Waals surface area contributed by atoms with Gasteiger partial charge in [-0.15, -0.1) is 12.4 Å². The maximum Gasteiger partial charge on any atom is 0.238 e. The van der Waals surface area contributed by atoms with E-state index in [-0.39, 0.29) is 31.0 Å². The summed E-state index contributed by atoms with van der Waals surface area (Å²) in [5, 5.41) is 5.92. The number of carbonyl (C=O) groups excluding carboxylic acids is 1. The second-order valence-electron chi connectivity index (χ2n) is 4.88. The molecule has 1 saturated heterocycles. The van der Waals surface area contributed by atoms with Crippen molar-refractivity contribution in [3.8, 4) is 11.5 Å². The molecule has 124 valence electrons. The quantitative estimate of drug-likeness (QED) is 0.798. The van der Waals surface area contributed by atoms with Gasteiger partial charge in [-0.1, -0.05) is 0 Å². The third-order valence-corrected chi connectivity index (χ3v) is 3.36. The van der Waals surface area contributed by atoms with Gasteiger partial charge in [-0.25, -0.2) is 0 Å². The highest BCUT2D eigenvalue weighted by Crippen LogP contribution is 2.28. The predicted molar refractivity (Wildman–Crippen MR) is 87.3 cm³/mol. The molecule has 1 aromatic rings. The van der Waals surface area contributed by atoms with Gasteiger partial charge in [-0.3, -0.25) is 4.79 Å². The summed E-state index contributed by atoms with van der Waals surface area (Å²) in [5.74, 6) is 1.14. The lowest BCUT2D eigenvalue weighted by Gasteiger charge is -2.13. The van der Waals surface area contributed by atoms with Gasteiger partial charge in [0, 0.05) is 19.2 Å². The molecule has 0 aromatic heterocycles. The van der Waals surface area contributed by atoms with Gasteiger partial charge < -0.3 is 24.8 Å². The Hall–Kier alpha value is -1.50. The zero-order chi connectivity index (χ0) is 15.1. The molecule has 1 fully saturated rings. The van der Waals surface area contributed by atoms with Gasteiger partial charge in [0.1, 0.15) is 11.5 Å². The second kappa shape index (κ2) is 9.50. The molecule has 1 unspecified atom stereocenters. The van der Waals surface area contributed by atoms with E-state index >= 15 is 0 Å². The number of halogens is 1. The minimum Gasteiger partial charge on any atom is -0.497 e. The van der Waals surface area contributed by atoms with Crippen LogP contribution in [0.5, 0.6) is 11.5 Å². The number of ether oxygens (including phenoxy) is 3. The summed E-state index contributed by atoms with van der Waals surface area (Å²) in [4.78, 5) is 11.9. The van der Waals surface area contributed by atoms with Gasteiger partial charge in [0.25, 0.3) is 0 Å². The lowest BCUT2D eigenvalue weighted by atomic mass is 10.2. The van der Waals surface area contributed by atoms with Crippen molar-refractivity contribution in [1.29, 1.82) is 0 Å². The minimum absolute atomic E-state index is 0. The van der Waals surface area contributed by atoms with Gasteiger partial charge >= 0.3 is 0 Å². The first kappa shape index (κ1) is 18.5. The molecule has 2 rings (SSSR count). The maximum atomic E-state index is 11.9. The molecule has 1 atom stereocenters. The molecule has 6 nitrogen and oxygen atoms in total. The third kappa shape index (κ3) is 5.36. The third-order valence-electron chi connectivity index (χ3n) is 3.36. The van der Waals surface area contributed by atoms with Crippen molar-refractivity contribution < 1.29 is 19.0 Å². The van der Waals surface area contributed by atoms with Crippen LogP contribution in [-0.2, 0) is 9.53 Å². The van der Waals surface area contributed by atoms with Crippen LogP contribution in [0, 0.1) is 0 Å². The summed E-state index contributed by atoms with van der Waals surface area (Å²) in [6.07, 6.45) is 2.38. The summed E-state index contributed by atoms with van der Waals surface area (Å²) in [7, 11) is 3.14. The first-order chi connectivity index (χ1) is 10.2. The lowest BCUT2D eigenvalue weighted by Crippen LogP contribution is -2.33. The van der Waals surface area contributed by atoms with Crippen molar-refractivity contribution >= 4 is 24.0 Å². The molecule has 1 aromatic carbocycles. The number of hydrogen-bond donors (Lipinski definition) is 2. The molecule has 0 spiro atoms. The van der Waals surface area contributed by atoms with Crippen LogP contribution in [0.3, 0.4) is 0 Å². The van der Waals surface area contributed by atoms with Crippen LogP contribution in [0.15, 0.2) is 18.2 Å². The molecule has 1 aliphatic rings. The van der Waals surface area contributed by atoms with Crippen molar-refractivity contribution in [3.05, 3.63) is 18.2 Å². The number of carbonyl (C=O) groups is 1. The number of rotatable bonds is 7. The van der Waals surface area contributed by atoms with Crippen LogP contribution in [-0.4, -0.2) is 45.9 Å². The molecule has 1 amide bonds. The summed E-state index contributed by atoms with van der Waals surface area (Å²) < 4.78 is 15.9. The molecule has 0 radical (unpaired) electrons. The highest BCUT2D eigenvalue weighted by molar-refractivity contribution is 5.94. The molecule has 2 N–H and O–H groups in total. The predicted octanol–water partition coefficient (Wildman–Crippen LogP) is 1.83. The summed E-state index contributed by atoms with van der Waals surface area (Å²) in [6.45, 7) is 1.75. The Morgan fingerprint density at radius 3 is 2.82 bits per heavy atom. The van der Waals surface area contributed by atoms with Crippen molar-refractivity contribution in [3.63, 3.8) is 0 Å². The number of nitrogens with one attached hydrogen (secondary N) is 2. The average molecular weight is 331 g/mol. The molecular weight excluding hydrogens is 308 g/mol. The number of anilines is 1. The van der Waals surface area contributed by atoms with E-state index in [4.69, 9.17) is 14.2 Å². The highest BCUT2D eigenvalue weighted by Gasteiger charge is 2.15. The lowest BCUT2D eigenvalue weighted by molar-refractivity contribution is -0.115. The van der Waals surface area contributed by atoms with Crippen LogP contribution in [0.4, 0.5) is 5.69 Å². The van der Waals surface area contributed by atoms with Crippen LogP contribution in [0.1, 0.15) is 12.8 Å². The molecule has 0 bridgehead atoms. The van der Waals surface area contributed by atoms with Crippen molar-refractivity contribution in [2.75, 3.05) is 39.2 Å². The van der Waals surface area contributed by atoms with E-state index in [1.807, 2.05) is 0 Å². The molecule has 1 aliphatic heterocycles. The Bertz CT molecular complexity index is 479. The van der Waals surface area contributed by atoms with E-state index in [1.54, 1.807) is 32.4 Å². The number of methoxy groups -OCH3 is 2. The number of benzene rings is 1. The fourth-order valence-corrected chi connectivity index (χ4v) is 2.26. The van der Waals surface area contributed by atoms with Crippen LogP contribution in [0.25, 0.3) is 0 Å². The first-order valence-electron chi connectivity index (χ1n) is 7.07. The average Bonchev–Trinajstić information content (AvgIpc) is 3.00. The van der Waals surface area contributed by atoms with Crippen molar-refractivity contribution in [2.45, 2.75) is 18.9 Å². The molecule has 7 heteroatoms. The van der Waals surface area contributed by atoms with E-state index < -0.39 is 0 Å². The van der Waals surface area contributed by atoms with Gasteiger partial charge in [-0.2, -0.15) is 0 Å². The molecule has 22 heavy (non-hydrogen) atoms. The fourth-order valence-electron chi connectivity index (χ4n) is 2.26. The zero-order valence-corrected chi connectivity index (χ0v) is 13.7. The summed E-state index contributed by atoms with van der Waals surface area (Å²) >= 11 is 0. The Morgan fingerprint density at radius 2 is 2.18 bits per heavy atom. The maximum absolute atomic E-state index is 11.9. The fraction of sp³-hybridized carbons (Fsp3) is 0.533. The van der Waals surface area contributed by atoms with Crippen LogP contribution >= 0.6 is 12.4 Å². The van der Waals surface area contributed by atoms with Crippen molar-refractivity contribution in [2.24, 2.45) is 0 Å². The molecular formula is C15H23ClN2O4. The Kier molecular flexibility index (Phi) is 8.01. The number of amides is 1. The van der Waals surface area contributed by atoms with E-state index in [0.29, 0.717) is 23.7 Å². The van der Waals surface area contributed by atoms with E-state index in [1.165, 1.54) is 0 Å². The van der Waals surface area contributed by atoms with Crippen molar-refractivity contribution in [1.82, 2.24) is 5.32 Å². The molecule has 0 aliphatic carbocycles. The zero-order valence-electron chi connectivity index (χ0n) is 12.9. The normalized spacial score (nSPS) is 16.7. The van der Waals surface area contributed by atoms with E-state index in [2.05, 4.69) is 10.6 Å². The van der Waals surface area contributed by atoms with E-state index in [9.17, 15) is 4.79 Å². The first-order valence-corrected chi connectivity index (χ1v) is 7.07. The smallest absolute Gasteiger partial charge is 0.238 e. The molecule has 1 heterocycles. The Balaban J connectivity index is 0.00000242. The van der Waals surface area contributed by atoms with Gasteiger partial charge in [-0.05, 0) is 25.0 Å². The topological polar surface area (TPSA) is 68.8 Å². The SMILES string of the molecule is COc1ccc(OC)c(NC(=O)CNCC2CCCO2)c1.Cl. The van der Waals surface area contributed by atoms with Gasteiger partial charge in [0.05, 0.1) is 32.6 Å². The summed E-state index contributed by atoms with van der Waals surface area (Å²) in [6, 6.07) is 5.27. The van der Waals surface area contributed by atoms with Crippen LogP contribution in [0.2, 0.25) is 0 Å². The Morgan fingerprint density at radius 1 is 1.36 bits per heavy atom. The monoisotopic (exact) mass is 330 g/mol. The highest BCUT2D eigenvalue weighted by atomic mass is 35.5. The van der Waals surface area contributed by atoms with E-state index in [0.717, 1.165) is 19.4 Å². The van der Waals surface area contributed by atoms with Gasteiger partial charge in [0.2, 0.25) is 5.91 Å². The largest absolute Gasteiger partial charge is 0.497 e. The van der Waals surface area contributed by atoms with Crippen LogP contribution < -0.4 is 20.1 Å². The summed E-state index contributed by atoms with van der Waals surface area (Å²) in [5.41, 5.74) is 0.598.